The summed E-state index contributed by atoms with van der Waals surface area (Å²) in [4.78, 5) is 22.6. The van der Waals surface area contributed by atoms with Crippen LogP contribution in [0.15, 0.2) is 48.5 Å². The van der Waals surface area contributed by atoms with Crippen molar-refractivity contribution in [1.82, 2.24) is 0 Å². The van der Waals surface area contributed by atoms with Crippen molar-refractivity contribution in [2.45, 2.75) is 7.43 Å². The minimum Gasteiger partial charge on any atom is -0.478 e. The first kappa shape index (κ1) is 14.5. The predicted molar refractivity (Wildman–Crippen MR) is 82.1 cm³/mol. The second kappa shape index (κ2) is 5.25. The quantitative estimate of drug-likeness (QED) is 0.696. The lowest BCUT2D eigenvalue weighted by Crippen LogP contribution is -2.08. The van der Waals surface area contributed by atoms with Crippen molar-refractivity contribution in [3.63, 3.8) is 0 Å². The molecule has 0 aliphatic heterocycles. The normalized spacial score (nSPS) is 10.3. The molecule has 0 aromatic heterocycles. The Morgan fingerprint density at radius 1 is 0.762 bits per heavy atom. The van der Waals surface area contributed by atoms with Gasteiger partial charge in [0.05, 0.1) is 11.1 Å². The molecular formula is C17H14O4. The maximum atomic E-state index is 11.4. The van der Waals surface area contributed by atoms with Crippen LogP contribution in [0.3, 0.4) is 0 Å². The van der Waals surface area contributed by atoms with Gasteiger partial charge in [-0.15, -0.1) is 0 Å². The second-order valence-electron chi connectivity index (χ2n) is 4.52. The fourth-order valence-electron chi connectivity index (χ4n) is 2.42. The number of rotatable bonds is 2. The minimum atomic E-state index is -1.24. The van der Waals surface area contributed by atoms with E-state index in [-0.39, 0.29) is 18.6 Å². The van der Waals surface area contributed by atoms with Gasteiger partial charge in [0.15, 0.2) is 0 Å². The topological polar surface area (TPSA) is 74.6 Å². The molecule has 3 aromatic carbocycles. The van der Waals surface area contributed by atoms with E-state index >= 15 is 0 Å². The summed E-state index contributed by atoms with van der Waals surface area (Å²) in [6, 6.07) is 14.1. The zero-order valence-corrected chi connectivity index (χ0v) is 10.3. The Bertz CT molecular complexity index is 865. The van der Waals surface area contributed by atoms with Crippen LogP contribution in [0.25, 0.3) is 21.5 Å². The Kier molecular flexibility index (Phi) is 3.63. The molecule has 3 rings (SSSR count). The molecule has 0 atom stereocenters. The average Bonchev–Trinajstić information content (AvgIpc) is 2.43. The van der Waals surface area contributed by atoms with E-state index in [9.17, 15) is 14.7 Å². The summed E-state index contributed by atoms with van der Waals surface area (Å²) in [7, 11) is 0. The lowest BCUT2D eigenvalue weighted by Gasteiger charge is -2.08. The summed E-state index contributed by atoms with van der Waals surface area (Å²) in [5.41, 5.74) is -0.360. The minimum absolute atomic E-state index is 0. The monoisotopic (exact) mass is 282 g/mol. The lowest BCUT2D eigenvalue weighted by molar-refractivity contribution is 0.0653. The van der Waals surface area contributed by atoms with Crippen LogP contribution >= 0.6 is 0 Å². The number of carbonyl (C=O) groups is 2. The number of fused-ring (bicyclic) bond motifs is 2. The summed E-state index contributed by atoms with van der Waals surface area (Å²) < 4.78 is 0. The lowest BCUT2D eigenvalue weighted by atomic mass is 9.96. The third kappa shape index (κ3) is 2.31. The third-order valence-electron chi connectivity index (χ3n) is 3.33. The van der Waals surface area contributed by atoms with Crippen molar-refractivity contribution in [2.24, 2.45) is 0 Å². The molecule has 0 aliphatic rings. The van der Waals surface area contributed by atoms with E-state index in [1.807, 2.05) is 30.3 Å². The molecule has 0 fully saturated rings. The Morgan fingerprint density at radius 2 is 1.38 bits per heavy atom. The van der Waals surface area contributed by atoms with Crippen molar-refractivity contribution < 1.29 is 19.8 Å². The van der Waals surface area contributed by atoms with Gasteiger partial charge in [-0.05, 0) is 39.7 Å². The standard InChI is InChI=1S/C16H10O4.CH4/c17-15(18)12-6-5-11-7-9-3-1-2-4-10(9)8-13(11)14(12)16(19)20;/h1-8H,(H,17,18)(H,19,20);1H4. The summed E-state index contributed by atoms with van der Waals surface area (Å²) in [6.45, 7) is 0. The molecule has 0 radical (unpaired) electrons. The highest BCUT2D eigenvalue weighted by molar-refractivity contribution is 6.14. The van der Waals surface area contributed by atoms with Crippen LogP contribution in [0.4, 0.5) is 0 Å². The number of carboxylic acids is 2. The highest BCUT2D eigenvalue weighted by atomic mass is 16.4. The molecule has 0 amide bonds. The molecule has 2 N–H and O–H groups in total. The molecule has 0 saturated heterocycles. The fraction of sp³-hybridized carbons (Fsp3) is 0.0588. The van der Waals surface area contributed by atoms with Crippen molar-refractivity contribution in [1.29, 1.82) is 0 Å². The number of benzene rings is 3. The molecule has 0 unspecified atom stereocenters. The van der Waals surface area contributed by atoms with Crippen LogP contribution in [-0.2, 0) is 0 Å². The van der Waals surface area contributed by atoms with Gasteiger partial charge >= 0.3 is 11.9 Å². The zero-order chi connectivity index (χ0) is 14.3. The number of aromatic carboxylic acids is 2. The summed E-state index contributed by atoms with van der Waals surface area (Å²) in [5, 5.41) is 21.5. The molecule has 4 nitrogen and oxygen atoms in total. The van der Waals surface area contributed by atoms with Gasteiger partial charge in [-0.1, -0.05) is 37.8 Å². The van der Waals surface area contributed by atoms with Gasteiger partial charge in [-0.3, -0.25) is 0 Å². The SMILES string of the molecule is C.O=C(O)c1ccc2cc3ccccc3cc2c1C(=O)O. The molecule has 0 heterocycles. The predicted octanol–water partition coefficient (Wildman–Crippen LogP) is 4.03. The Labute approximate surface area is 121 Å². The van der Waals surface area contributed by atoms with Gasteiger partial charge in [0.1, 0.15) is 0 Å². The largest absolute Gasteiger partial charge is 0.478 e. The van der Waals surface area contributed by atoms with Crippen molar-refractivity contribution in [2.75, 3.05) is 0 Å². The zero-order valence-electron chi connectivity index (χ0n) is 10.3. The summed E-state index contributed by atoms with van der Waals surface area (Å²) in [6.07, 6.45) is 0. The number of carboxylic acid groups (broad SMARTS) is 2. The van der Waals surface area contributed by atoms with Gasteiger partial charge in [-0.2, -0.15) is 0 Å². The smallest absolute Gasteiger partial charge is 0.337 e. The molecule has 21 heavy (non-hydrogen) atoms. The molecule has 0 aliphatic carbocycles. The number of hydrogen-bond donors (Lipinski definition) is 2. The summed E-state index contributed by atoms with van der Waals surface area (Å²) in [5.74, 6) is -2.47. The molecular weight excluding hydrogens is 268 g/mol. The molecule has 106 valence electrons. The summed E-state index contributed by atoms with van der Waals surface area (Å²) >= 11 is 0. The molecule has 0 spiro atoms. The first-order valence-corrected chi connectivity index (χ1v) is 6.00. The van der Waals surface area contributed by atoms with E-state index in [1.54, 1.807) is 12.1 Å². The first-order valence-electron chi connectivity index (χ1n) is 6.00. The van der Waals surface area contributed by atoms with E-state index in [4.69, 9.17) is 5.11 Å². The number of hydrogen-bond acceptors (Lipinski definition) is 2. The average molecular weight is 282 g/mol. The Hall–Kier alpha value is -2.88. The van der Waals surface area contributed by atoms with Crippen LogP contribution in [-0.4, -0.2) is 22.2 Å². The highest BCUT2D eigenvalue weighted by Gasteiger charge is 2.19. The van der Waals surface area contributed by atoms with Gasteiger partial charge in [0, 0.05) is 0 Å². The molecule has 0 bridgehead atoms. The van der Waals surface area contributed by atoms with Gasteiger partial charge in [-0.25, -0.2) is 9.59 Å². The van der Waals surface area contributed by atoms with Crippen molar-refractivity contribution >= 4 is 33.5 Å². The van der Waals surface area contributed by atoms with E-state index in [0.717, 1.165) is 10.8 Å². The van der Waals surface area contributed by atoms with Crippen LogP contribution in [0.5, 0.6) is 0 Å². The van der Waals surface area contributed by atoms with E-state index in [0.29, 0.717) is 10.8 Å². The molecule has 3 aromatic rings. The van der Waals surface area contributed by atoms with E-state index < -0.39 is 11.9 Å². The maximum Gasteiger partial charge on any atom is 0.337 e. The maximum absolute atomic E-state index is 11.4. The Balaban J connectivity index is 0.00000161. The van der Waals surface area contributed by atoms with Gasteiger partial charge in [0.25, 0.3) is 0 Å². The van der Waals surface area contributed by atoms with Crippen LogP contribution < -0.4 is 0 Å². The van der Waals surface area contributed by atoms with Gasteiger partial charge < -0.3 is 10.2 Å². The Morgan fingerprint density at radius 3 is 1.95 bits per heavy atom. The second-order valence-corrected chi connectivity index (χ2v) is 4.52. The van der Waals surface area contributed by atoms with Crippen molar-refractivity contribution in [3.8, 4) is 0 Å². The molecule has 0 saturated carbocycles. The van der Waals surface area contributed by atoms with Crippen LogP contribution in [0.2, 0.25) is 0 Å². The third-order valence-corrected chi connectivity index (χ3v) is 3.33. The van der Waals surface area contributed by atoms with Crippen LogP contribution in [0, 0.1) is 0 Å². The van der Waals surface area contributed by atoms with E-state index in [2.05, 4.69) is 0 Å². The fourth-order valence-corrected chi connectivity index (χ4v) is 2.42. The van der Waals surface area contributed by atoms with E-state index in [1.165, 1.54) is 6.07 Å². The highest BCUT2D eigenvalue weighted by Crippen LogP contribution is 2.28. The first-order chi connectivity index (χ1) is 9.58. The molecule has 4 heteroatoms. The van der Waals surface area contributed by atoms with Crippen molar-refractivity contribution in [3.05, 3.63) is 59.7 Å². The van der Waals surface area contributed by atoms with Crippen LogP contribution in [0.1, 0.15) is 28.1 Å². The van der Waals surface area contributed by atoms with Gasteiger partial charge in [0.2, 0.25) is 0 Å².